The summed E-state index contributed by atoms with van der Waals surface area (Å²) in [7, 11) is 1.32. The van der Waals surface area contributed by atoms with Crippen LogP contribution in [0.4, 0.5) is 0 Å². The maximum atomic E-state index is 11.4. The highest BCUT2D eigenvalue weighted by Gasteiger charge is 2.14. The Bertz CT molecular complexity index is 586. The fraction of sp³-hybridized carbons (Fsp3) is 0.308. The van der Waals surface area contributed by atoms with Crippen LogP contribution in [-0.4, -0.2) is 29.3 Å². The van der Waals surface area contributed by atoms with E-state index in [1.165, 1.54) is 19.2 Å². The number of H-pyrrole nitrogens is 1. The Labute approximate surface area is 104 Å². The number of hydrogen-bond acceptors (Lipinski definition) is 4. The van der Waals surface area contributed by atoms with Crippen LogP contribution >= 0.6 is 0 Å². The first-order chi connectivity index (χ1) is 8.51. The second-order valence-electron chi connectivity index (χ2n) is 4.25. The third kappa shape index (κ3) is 2.25. The summed E-state index contributed by atoms with van der Waals surface area (Å²) in [4.78, 5) is 14.3. The zero-order chi connectivity index (χ0) is 13.3. The Kier molecular flexibility index (Phi) is 3.14. The van der Waals surface area contributed by atoms with Crippen LogP contribution in [0.3, 0.4) is 0 Å². The van der Waals surface area contributed by atoms with Gasteiger partial charge in [-0.2, -0.15) is 0 Å². The van der Waals surface area contributed by atoms with Gasteiger partial charge < -0.3 is 19.6 Å². The standard InChI is InChI=1S/C13H15NO4/c1-7(2)18-12-5-8(15)4-10-9(12)6-11(14-10)13(16)17-3/h4-7,14-15H,1-3H3. The summed E-state index contributed by atoms with van der Waals surface area (Å²) in [6.07, 6.45) is -0.0218. The summed E-state index contributed by atoms with van der Waals surface area (Å²) in [5.74, 6) is 0.156. The number of benzene rings is 1. The van der Waals surface area contributed by atoms with Gasteiger partial charge in [0.15, 0.2) is 0 Å². The largest absolute Gasteiger partial charge is 0.508 e. The number of carbonyl (C=O) groups is 1. The molecular formula is C13H15NO4. The number of phenolic OH excluding ortho intramolecular Hbond substituents is 1. The number of aromatic amines is 1. The van der Waals surface area contributed by atoms with E-state index < -0.39 is 5.97 Å². The van der Waals surface area contributed by atoms with Gasteiger partial charge >= 0.3 is 5.97 Å². The molecule has 0 unspecified atom stereocenters. The fourth-order valence-corrected chi connectivity index (χ4v) is 1.76. The van der Waals surface area contributed by atoms with E-state index in [2.05, 4.69) is 9.72 Å². The van der Waals surface area contributed by atoms with Gasteiger partial charge in [0.1, 0.15) is 17.2 Å². The number of methoxy groups -OCH3 is 1. The van der Waals surface area contributed by atoms with Crippen LogP contribution in [0.5, 0.6) is 11.5 Å². The van der Waals surface area contributed by atoms with E-state index in [0.717, 1.165) is 5.39 Å². The van der Waals surface area contributed by atoms with Gasteiger partial charge in [-0.05, 0) is 19.9 Å². The van der Waals surface area contributed by atoms with E-state index in [1.54, 1.807) is 6.07 Å². The summed E-state index contributed by atoms with van der Waals surface area (Å²) in [5.41, 5.74) is 0.956. The predicted octanol–water partition coefficient (Wildman–Crippen LogP) is 2.45. The maximum absolute atomic E-state index is 11.4. The lowest BCUT2D eigenvalue weighted by molar-refractivity contribution is 0.0595. The number of nitrogens with one attached hydrogen (secondary N) is 1. The molecule has 2 N–H and O–H groups in total. The number of aromatic nitrogens is 1. The minimum Gasteiger partial charge on any atom is -0.508 e. The highest BCUT2D eigenvalue weighted by molar-refractivity contribution is 5.97. The third-order valence-corrected chi connectivity index (χ3v) is 2.45. The first kappa shape index (κ1) is 12.3. The van der Waals surface area contributed by atoms with Crippen molar-refractivity contribution in [3.05, 3.63) is 23.9 Å². The molecule has 1 aromatic heterocycles. The minimum atomic E-state index is -0.457. The second kappa shape index (κ2) is 4.60. The Morgan fingerprint density at radius 3 is 2.67 bits per heavy atom. The van der Waals surface area contributed by atoms with E-state index >= 15 is 0 Å². The van der Waals surface area contributed by atoms with Crippen molar-refractivity contribution in [3.63, 3.8) is 0 Å². The van der Waals surface area contributed by atoms with Crippen molar-refractivity contribution in [2.75, 3.05) is 7.11 Å². The zero-order valence-electron chi connectivity index (χ0n) is 10.5. The second-order valence-corrected chi connectivity index (χ2v) is 4.25. The number of hydrogen-bond donors (Lipinski definition) is 2. The molecule has 18 heavy (non-hydrogen) atoms. The van der Waals surface area contributed by atoms with Crippen molar-refractivity contribution in [2.24, 2.45) is 0 Å². The number of esters is 1. The molecule has 0 fully saturated rings. The summed E-state index contributed by atoms with van der Waals surface area (Å²) in [5, 5.41) is 10.4. The highest BCUT2D eigenvalue weighted by atomic mass is 16.5. The zero-order valence-corrected chi connectivity index (χ0v) is 10.5. The number of aromatic hydroxyl groups is 1. The number of phenols is 1. The fourth-order valence-electron chi connectivity index (χ4n) is 1.76. The van der Waals surface area contributed by atoms with E-state index in [0.29, 0.717) is 17.0 Å². The molecule has 5 heteroatoms. The van der Waals surface area contributed by atoms with E-state index in [9.17, 15) is 9.90 Å². The predicted molar refractivity (Wildman–Crippen MR) is 67.1 cm³/mol. The average molecular weight is 249 g/mol. The summed E-state index contributed by atoms with van der Waals surface area (Å²) in [6, 6.07) is 4.71. The Morgan fingerprint density at radius 2 is 2.06 bits per heavy atom. The summed E-state index contributed by atoms with van der Waals surface area (Å²) < 4.78 is 10.2. The van der Waals surface area contributed by atoms with Crippen LogP contribution < -0.4 is 4.74 Å². The van der Waals surface area contributed by atoms with Crippen molar-refractivity contribution in [1.29, 1.82) is 0 Å². The monoisotopic (exact) mass is 249 g/mol. The molecule has 0 bridgehead atoms. The molecule has 2 aromatic rings. The van der Waals surface area contributed by atoms with Crippen LogP contribution in [-0.2, 0) is 4.74 Å². The summed E-state index contributed by atoms with van der Waals surface area (Å²) in [6.45, 7) is 3.79. The smallest absolute Gasteiger partial charge is 0.354 e. The molecule has 0 atom stereocenters. The van der Waals surface area contributed by atoms with Crippen LogP contribution in [0, 0.1) is 0 Å². The van der Waals surface area contributed by atoms with Gasteiger partial charge in [-0.15, -0.1) is 0 Å². The molecule has 96 valence electrons. The first-order valence-corrected chi connectivity index (χ1v) is 5.62. The molecule has 5 nitrogen and oxygen atoms in total. The van der Waals surface area contributed by atoms with Gasteiger partial charge in [0.2, 0.25) is 0 Å². The Morgan fingerprint density at radius 1 is 1.33 bits per heavy atom. The molecule has 0 saturated heterocycles. The molecule has 1 aromatic carbocycles. The van der Waals surface area contributed by atoms with Crippen molar-refractivity contribution in [1.82, 2.24) is 4.98 Å². The van der Waals surface area contributed by atoms with Crippen molar-refractivity contribution in [3.8, 4) is 11.5 Å². The van der Waals surface area contributed by atoms with Crippen molar-refractivity contribution < 1.29 is 19.4 Å². The molecule has 0 saturated carbocycles. The number of rotatable bonds is 3. The highest BCUT2D eigenvalue weighted by Crippen LogP contribution is 2.32. The molecule has 2 rings (SSSR count). The molecule has 0 aliphatic carbocycles. The lowest BCUT2D eigenvalue weighted by Crippen LogP contribution is -2.05. The number of ether oxygens (including phenoxy) is 2. The van der Waals surface area contributed by atoms with Gasteiger partial charge in [0.05, 0.1) is 18.7 Å². The molecule has 0 amide bonds. The Balaban J connectivity index is 2.56. The minimum absolute atomic E-state index is 0.0218. The van der Waals surface area contributed by atoms with Crippen LogP contribution in [0.25, 0.3) is 10.9 Å². The van der Waals surface area contributed by atoms with E-state index in [1.807, 2.05) is 13.8 Å². The van der Waals surface area contributed by atoms with Gasteiger partial charge in [-0.25, -0.2) is 4.79 Å². The number of carbonyl (C=O) groups excluding carboxylic acids is 1. The SMILES string of the molecule is COC(=O)c1cc2c(OC(C)C)cc(O)cc2[nH]1. The van der Waals surface area contributed by atoms with E-state index in [-0.39, 0.29) is 11.9 Å². The van der Waals surface area contributed by atoms with Crippen LogP contribution in [0.2, 0.25) is 0 Å². The molecular weight excluding hydrogens is 234 g/mol. The molecule has 1 heterocycles. The Hall–Kier alpha value is -2.17. The molecule has 0 spiro atoms. The maximum Gasteiger partial charge on any atom is 0.354 e. The van der Waals surface area contributed by atoms with Crippen LogP contribution in [0.1, 0.15) is 24.3 Å². The molecule has 0 aliphatic rings. The lowest BCUT2D eigenvalue weighted by Gasteiger charge is -2.10. The normalized spacial score (nSPS) is 10.9. The van der Waals surface area contributed by atoms with Crippen molar-refractivity contribution in [2.45, 2.75) is 20.0 Å². The van der Waals surface area contributed by atoms with Crippen LogP contribution in [0.15, 0.2) is 18.2 Å². The quantitative estimate of drug-likeness (QED) is 0.819. The van der Waals surface area contributed by atoms with Crippen molar-refractivity contribution >= 4 is 16.9 Å². The molecule has 0 aliphatic heterocycles. The van der Waals surface area contributed by atoms with Gasteiger partial charge in [-0.3, -0.25) is 0 Å². The third-order valence-electron chi connectivity index (χ3n) is 2.45. The number of fused-ring (bicyclic) bond motifs is 1. The van der Waals surface area contributed by atoms with Gasteiger partial charge in [0.25, 0.3) is 0 Å². The van der Waals surface area contributed by atoms with E-state index in [4.69, 9.17) is 4.74 Å². The first-order valence-electron chi connectivity index (χ1n) is 5.62. The summed E-state index contributed by atoms with van der Waals surface area (Å²) >= 11 is 0. The van der Waals surface area contributed by atoms with Gasteiger partial charge in [-0.1, -0.05) is 0 Å². The molecule has 0 radical (unpaired) electrons. The lowest BCUT2D eigenvalue weighted by atomic mass is 10.2. The topological polar surface area (TPSA) is 71.6 Å². The average Bonchev–Trinajstić information content (AvgIpc) is 2.70. The van der Waals surface area contributed by atoms with Gasteiger partial charge in [0, 0.05) is 17.5 Å².